The molecule has 0 radical (unpaired) electrons. The van der Waals surface area contributed by atoms with Gasteiger partial charge in [0.05, 0.1) is 17.5 Å². The molecule has 0 aliphatic carbocycles. The highest BCUT2D eigenvalue weighted by molar-refractivity contribution is 7.06. The van der Waals surface area contributed by atoms with Crippen LogP contribution in [-0.4, -0.2) is 38.8 Å². The molecule has 1 aliphatic heterocycles. The van der Waals surface area contributed by atoms with Crippen LogP contribution in [0, 0.1) is 13.8 Å². The fraction of sp³-hybridized carbons (Fsp3) is 0.333. The number of allylic oxidation sites excluding steroid dienone is 2. The Bertz CT molecular complexity index is 1120. The van der Waals surface area contributed by atoms with Crippen LogP contribution in [0.25, 0.3) is 22.8 Å². The maximum Gasteiger partial charge on any atom is 0.219 e. The van der Waals surface area contributed by atoms with E-state index in [9.17, 15) is 0 Å². The van der Waals surface area contributed by atoms with Gasteiger partial charge >= 0.3 is 0 Å². The average Bonchev–Trinajstić information content (AvgIpc) is 3.22. The third kappa shape index (κ3) is 3.98. The summed E-state index contributed by atoms with van der Waals surface area (Å²) in [5.74, 6) is 0.784. The van der Waals surface area contributed by atoms with Crippen molar-refractivity contribution in [2.24, 2.45) is 7.05 Å². The standard InChI is InChI=1S/C24H28N4OS/c1-15-7-9-19-11-21(15)16(2)8-10-20-18(4)30-26-23(20)14-27(5)13-17(3)29-24-22(19)12-25-28(24)6/h7-12,17H,2,13-14H2,1,3-6H3/b10-8+. The zero-order chi connectivity index (χ0) is 21.4. The molecule has 0 saturated heterocycles. The first-order valence-electron chi connectivity index (χ1n) is 10.1. The van der Waals surface area contributed by atoms with Crippen LogP contribution < -0.4 is 4.74 Å². The Kier molecular flexibility index (Phi) is 5.62. The summed E-state index contributed by atoms with van der Waals surface area (Å²) in [5.41, 5.74) is 7.66. The predicted octanol–water partition coefficient (Wildman–Crippen LogP) is 5.10. The summed E-state index contributed by atoms with van der Waals surface area (Å²) in [4.78, 5) is 3.48. The van der Waals surface area contributed by atoms with Crippen molar-refractivity contribution in [3.63, 3.8) is 0 Å². The Labute approximate surface area is 182 Å². The summed E-state index contributed by atoms with van der Waals surface area (Å²) in [5, 5.41) is 4.46. The molecule has 2 aromatic heterocycles. The van der Waals surface area contributed by atoms with Crippen molar-refractivity contribution in [1.29, 1.82) is 0 Å². The summed E-state index contributed by atoms with van der Waals surface area (Å²) in [6, 6.07) is 6.44. The highest BCUT2D eigenvalue weighted by atomic mass is 32.1. The zero-order valence-electron chi connectivity index (χ0n) is 18.3. The fourth-order valence-corrected chi connectivity index (χ4v) is 4.60. The van der Waals surface area contributed by atoms with Crippen LogP contribution in [0.2, 0.25) is 0 Å². The van der Waals surface area contributed by atoms with Crippen LogP contribution in [-0.2, 0) is 13.6 Å². The van der Waals surface area contributed by atoms with E-state index in [1.807, 2.05) is 13.2 Å². The maximum atomic E-state index is 6.36. The molecule has 0 saturated carbocycles. The van der Waals surface area contributed by atoms with Crippen molar-refractivity contribution in [3.8, 4) is 17.0 Å². The van der Waals surface area contributed by atoms with Gasteiger partial charge in [0.25, 0.3) is 0 Å². The molecule has 4 rings (SSSR count). The van der Waals surface area contributed by atoms with Crippen molar-refractivity contribution < 1.29 is 4.74 Å². The lowest BCUT2D eigenvalue weighted by molar-refractivity contribution is 0.148. The summed E-state index contributed by atoms with van der Waals surface area (Å²) < 4.78 is 12.9. The van der Waals surface area contributed by atoms with E-state index < -0.39 is 0 Å². The molecular weight excluding hydrogens is 392 g/mol. The number of hydrogen-bond donors (Lipinski definition) is 0. The number of aryl methyl sites for hydroxylation is 3. The molecule has 0 N–H and O–H groups in total. The van der Waals surface area contributed by atoms with Gasteiger partial charge in [0.1, 0.15) is 6.10 Å². The smallest absolute Gasteiger partial charge is 0.219 e. The Morgan fingerprint density at radius 3 is 2.77 bits per heavy atom. The van der Waals surface area contributed by atoms with Gasteiger partial charge in [-0.3, -0.25) is 4.90 Å². The summed E-state index contributed by atoms with van der Waals surface area (Å²) in [6.07, 6.45) is 6.15. The maximum absolute atomic E-state index is 6.36. The SMILES string of the molecule is C=C1/C=C/c2c(nsc2C)CN(C)CC(C)Oc2c(cnn2C)-c2ccc(C)c1c2. The molecule has 1 atom stereocenters. The molecule has 1 unspecified atom stereocenters. The van der Waals surface area contributed by atoms with E-state index in [4.69, 9.17) is 9.11 Å². The van der Waals surface area contributed by atoms with Crippen LogP contribution in [0.4, 0.5) is 0 Å². The Hall–Kier alpha value is -2.70. The van der Waals surface area contributed by atoms with Gasteiger partial charge in [-0.1, -0.05) is 30.9 Å². The Morgan fingerprint density at radius 1 is 1.17 bits per heavy atom. The van der Waals surface area contributed by atoms with Crippen LogP contribution in [0.3, 0.4) is 0 Å². The Morgan fingerprint density at radius 2 is 1.97 bits per heavy atom. The van der Waals surface area contributed by atoms with Crippen LogP contribution in [0.1, 0.15) is 34.2 Å². The van der Waals surface area contributed by atoms with Gasteiger partial charge in [0, 0.05) is 30.6 Å². The Balaban J connectivity index is 1.84. The first-order chi connectivity index (χ1) is 14.3. The van der Waals surface area contributed by atoms with Gasteiger partial charge < -0.3 is 4.74 Å². The van der Waals surface area contributed by atoms with Crippen molar-refractivity contribution >= 4 is 23.2 Å². The fourth-order valence-electron chi connectivity index (χ4n) is 3.91. The lowest BCUT2D eigenvalue weighted by atomic mass is 9.96. The molecular formula is C24H28N4OS. The van der Waals surface area contributed by atoms with Gasteiger partial charge in [-0.25, -0.2) is 4.68 Å². The molecule has 0 amide bonds. The second kappa shape index (κ2) is 8.20. The quantitative estimate of drug-likeness (QED) is 0.507. The van der Waals surface area contributed by atoms with Crippen molar-refractivity contribution in [1.82, 2.24) is 19.1 Å². The molecule has 3 aromatic rings. The highest BCUT2D eigenvalue weighted by Gasteiger charge is 2.19. The molecule has 1 aliphatic rings. The second-order valence-corrected chi connectivity index (χ2v) is 9.08. The van der Waals surface area contributed by atoms with E-state index in [0.29, 0.717) is 0 Å². The number of rotatable bonds is 0. The minimum Gasteiger partial charge on any atom is -0.473 e. The minimum atomic E-state index is 0.00730. The molecule has 3 heterocycles. The number of likely N-dealkylation sites (N-methyl/N-ethyl adjacent to an activating group) is 1. The average molecular weight is 421 g/mol. The van der Waals surface area contributed by atoms with Crippen LogP contribution in [0.5, 0.6) is 5.88 Å². The number of benzene rings is 1. The summed E-state index contributed by atoms with van der Waals surface area (Å²) in [6.45, 7) is 12.2. The van der Waals surface area contributed by atoms with E-state index >= 15 is 0 Å². The number of fused-ring (bicyclic) bond motifs is 5. The van der Waals surface area contributed by atoms with Crippen molar-refractivity contribution in [2.75, 3.05) is 13.6 Å². The van der Waals surface area contributed by atoms with Crippen molar-refractivity contribution in [3.05, 3.63) is 64.3 Å². The monoisotopic (exact) mass is 420 g/mol. The highest BCUT2D eigenvalue weighted by Crippen LogP contribution is 2.34. The zero-order valence-corrected chi connectivity index (χ0v) is 19.1. The largest absolute Gasteiger partial charge is 0.473 e. The normalized spacial score (nSPS) is 18.7. The molecule has 0 fully saturated rings. The predicted molar refractivity (Wildman–Crippen MR) is 125 cm³/mol. The minimum absolute atomic E-state index is 0.00730. The van der Waals surface area contributed by atoms with Gasteiger partial charge in [-0.05, 0) is 67.7 Å². The third-order valence-corrected chi connectivity index (χ3v) is 6.32. The van der Waals surface area contributed by atoms with E-state index in [2.05, 4.69) is 74.7 Å². The molecule has 5 nitrogen and oxygen atoms in total. The second-order valence-electron chi connectivity index (χ2n) is 8.10. The number of aromatic nitrogens is 3. The van der Waals surface area contributed by atoms with Crippen LogP contribution >= 0.6 is 11.5 Å². The van der Waals surface area contributed by atoms with E-state index in [1.165, 1.54) is 16.0 Å². The first kappa shape index (κ1) is 20.6. The van der Waals surface area contributed by atoms with Gasteiger partial charge in [0.15, 0.2) is 0 Å². The molecule has 30 heavy (non-hydrogen) atoms. The topological polar surface area (TPSA) is 43.2 Å². The van der Waals surface area contributed by atoms with E-state index in [-0.39, 0.29) is 6.10 Å². The van der Waals surface area contributed by atoms with Crippen molar-refractivity contribution in [2.45, 2.75) is 33.4 Å². The lowest BCUT2D eigenvalue weighted by Crippen LogP contribution is -2.31. The van der Waals surface area contributed by atoms with Gasteiger partial charge in [0.2, 0.25) is 5.88 Å². The lowest BCUT2D eigenvalue weighted by Gasteiger charge is -2.22. The molecule has 6 heteroatoms. The summed E-state index contributed by atoms with van der Waals surface area (Å²) in [7, 11) is 4.03. The number of ether oxygens (including phenoxy) is 1. The van der Waals surface area contributed by atoms with E-state index in [0.717, 1.165) is 46.9 Å². The molecule has 2 bridgehead atoms. The number of nitrogens with zero attached hydrogens (tertiary/aromatic N) is 4. The third-order valence-electron chi connectivity index (χ3n) is 5.51. The van der Waals surface area contributed by atoms with Gasteiger partial charge in [-0.15, -0.1) is 0 Å². The first-order valence-corrected chi connectivity index (χ1v) is 10.9. The van der Waals surface area contributed by atoms with E-state index in [1.54, 1.807) is 16.2 Å². The van der Waals surface area contributed by atoms with Crippen LogP contribution in [0.15, 0.2) is 37.1 Å². The molecule has 1 aromatic carbocycles. The molecule has 156 valence electrons. The van der Waals surface area contributed by atoms with Gasteiger partial charge in [-0.2, -0.15) is 9.47 Å². The molecule has 0 spiro atoms. The number of hydrogen-bond acceptors (Lipinski definition) is 5. The summed E-state index contributed by atoms with van der Waals surface area (Å²) >= 11 is 1.56.